The molecule has 1 atom stereocenters. The Balaban J connectivity index is 1.68. The highest BCUT2D eigenvalue weighted by atomic mass is 16.5. The number of nitriles is 1. The zero-order chi connectivity index (χ0) is 20.1. The Kier molecular flexibility index (Phi) is 5.95. The predicted octanol–water partition coefficient (Wildman–Crippen LogP) is 2.97. The minimum absolute atomic E-state index is 0.0610. The van der Waals surface area contributed by atoms with Crippen molar-refractivity contribution in [2.75, 3.05) is 25.1 Å². The first-order chi connectivity index (χ1) is 13.5. The lowest BCUT2D eigenvalue weighted by Gasteiger charge is -2.22. The standard InChI is InChI=1S/C22H23N3O3/c1-3-28-20-7-5-4-6-19(20)25-15-18(12-21(25)26)22(27)24(2)14-17-10-8-16(13-23)9-11-17/h4-11,18H,3,12,14-15H2,1-2H3. The van der Waals surface area contributed by atoms with Crippen LogP contribution >= 0.6 is 0 Å². The molecular formula is C22H23N3O3. The molecule has 0 radical (unpaired) electrons. The lowest BCUT2D eigenvalue weighted by Crippen LogP contribution is -2.34. The average Bonchev–Trinajstić information content (AvgIpc) is 3.10. The molecule has 1 heterocycles. The van der Waals surface area contributed by atoms with Crippen molar-refractivity contribution >= 4 is 17.5 Å². The van der Waals surface area contributed by atoms with E-state index in [1.807, 2.05) is 43.3 Å². The number of amides is 2. The van der Waals surface area contributed by atoms with Gasteiger partial charge >= 0.3 is 0 Å². The quantitative estimate of drug-likeness (QED) is 0.776. The van der Waals surface area contributed by atoms with E-state index in [9.17, 15) is 9.59 Å². The van der Waals surface area contributed by atoms with Crippen LogP contribution in [0.1, 0.15) is 24.5 Å². The van der Waals surface area contributed by atoms with Gasteiger partial charge in [0.1, 0.15) is 5.75 Å². The van der Waals surface area contributed by atoms with Crippen LogP contribution in [0, 0.1) is 17.2 Å². The van der Waals surface area contributed by atoms with Gasteiger partial charge in [-0.2, -0.15) is 5.26 Å². The van der Waals surface area contributed by atoms with Gasteiger partial charge in [-0.25, -0.2) is 0 Å². The largest absolute Gasteiger partial charge is 0.492 e. The van der Waals surface area contributed by atoms with Crippen LogP contribution in [0.15, 0.2) is 48.5 Å². The molecule has 2 amide bonds. The van der Waals surface area contributed by atoms with Crippen LogP contribution in [0.25, 0.3) is 0 Å². The zero-order valence-electron chi connectivity index (χ0n) is 16.1. The van der Waals surface area contributed by atoms with Crippen molar-refractivity contribution in [3.8, 4) is 11.8 Å². The van der Waals surface area contributed by atoms with Crippen molar-refractivity contribution in [2.45, 2.75) is 19.9 Å². The molecule has 0 bridgehead atoms. The van der Waals surface area contributed by atoms with Crippen molar-refractivity contribution < 1.29 is 14.3 Å². The Bertz CT molecular complexity index is 902. The van der Waals surface area contributed by atoms with Crippen LogP contribution in [0.2, 0.25) is 0 Å². The van der Waals surface area contributed by atoms with E-state index < -0.39 is 0 Å². The summed E-state index contributed by atoms with van der Waals surface area (Å²) >= 11 is 0. The van der Waals surface area contributed by atoms with Gasteiger partial charge in [0.2, 0.25) is 11.8 Å². The van der Waals surface area contributed by atoms with Gasteiger partial charge in [0.05, 0.1) is 29.8 Å². The summed E-state index contributed by atoms with van der Waals surface area (Å²) in [6.07, 6.45) is 0.191. The maximum atomic E-state index is 12.9. The highest BCUT2D eigenvalue weighted by Gasteiger charge is 2.37. The summed E-state index contributed by atoms with van der Waals surface area (Å²) in [4.78, 5) is 28.7. The first-order valence-electron chi connectivity index (χ1n) is 9.29. The molecule has 1 aliphatic heterocycles. The molecule has 3 rings (SSSR count). The molecule has 1 unspecified atom stereocenters. The Labute approximate surface area is 164 Å². The molecule has 1 saturated heterocycles. The second-order valence-corrected chi connectivity index (χ2v) is 6.81. The molecule has 0 spiro atoms. The third-order valence-electron chi connectivity index (χ3n) is 4.81. The van der Waals surface area contributed by atoms with E-state index in [-0.39, 0.29) is 24.2 Å². The molecular weight excluding hydrogens is 354 g/mol. The molecule has 1 aliphatic rings. The third kappa shape index (κ3) is 4.15. The number of ether oxygens (including phenoxy) is 1. The number of carbonyl (C=O) groups is 2. The van der Waals surface area contributed by atoms with Crippen LogP contribution in [0.5, 0.6) is 5.75 Å². The zero-order valence-corrected chi connectivity index (χ0v) is 16.1. The minimum Gasteiger partial charge on any atom is -0.492 e. The van der Waals surface area contributed by atoms with E-state index in [2.05, 4.69) is 6.07 Å². The van der Waals surface area contributed by atoms with E-state index in [0.29, 0.717) is 36.7 Å². The molecule has 6 nitrogen and oxygen atoms in total. The predicted molar refractivity (Wildman–Crippen MR) is 106 cm³/mol. The molecule has 6 heteroatoms. The molecule has 144 valence electrons. The smallest absolute Gasteiger partial charge is 0.228 e. The third-order valence-corrected chi connectivity index (χ3v) is 4.81. The van der Waals surface area contributed by atoms with Crippen molar-refractivity contribution in [3.05, 3.63) is 59.7 Å². The molecule has 1 fully saturated rings. The van der Waals surface area contributed by atoms with Gasteiger partial charge in [0, 0.05) is 26.6 Å². The van der Waals surface area contributed by atoms with Crippen molar-refractivity contribution in [1.29, 1.82) is 5.26 Å². The molecule has 0 N–H and O–H groups in total. The molecule has 2 aromatic rings. The highest BCUT2D eigenvalue weighted by molar-refractivity contribution is 6.01. The highest BCUT2D eigenvalue weighted by Crippen LogP contribution is 2.33. The Morgan fingerprint density at radius 2 is 1.96 bits per heavy atom. The normalized spacial score (nSPS) is 16.0. The second kappa shape index (κ2) is 8.57. The molecule has 28 heavy (non-hydrogen) atoms. The maximum Gasteiger partial charge on any atom is 0.228 e. The molecule has 0 aliphatic carbocycles. The summed E-state index contributed by atoms with van der Waals surface area (Å²) in [6.45, 7) is 3.19. The molecule has 0 saturated carbocycles. The second-order valence-electron chi connectivity index (χ2n) is 6.81. The average molecular weight is 377 g/mol. The van der Waals surface area contributed by atoms with Gasteiger partial charge in [-0.3, -0.25) is 9.59 Å². The molecule has 2 aromatic carbocycles. The summed E-state index contributed by atoms with van der Waals surface area (Å²) in [5.41, 5.74) is 2.24. The van der Waals surface area contributed by atoms with E-state index in [1.165, 1.54) is 0 Å². The summed E-state index contributed by atoms with van der Waals surface area (Å²) < 4.78 is 5.63. The fraction of sp³-hybridized carbons (Fsp3) is 0.318. The lowest BCUT2D eigenvalue weighted by atomic mass is 10.1. The van der Waals surface area contributed by atoms with Gasteiger partial charge in [-0.05, 0) is 36.8 Å². The van der Waals surface area contributed by atoms with E-state index in [1.54, 1.807) is 29.0 Å². The maximum absolute atomic E-state index is 12.9. The van der Waals surface area contributed by atoms with Crippen molar-refractivity contribution in [1.82, 2.24) is 4.90 Å². The summed E-state index contributed by atoms with van der Waals surface area (Å²) in [7, 11) is 1.74. The number of carbonyl (C=O) groups excluding carboxylic acids is 2. The van der Waals surface area contributed by atoms with Gasteiger partial charge in [0.25, 0.3) is 0 Å². The van der Waals surface area contributed by atoms with Crippen LogP contribution in [-0.2, 0) is 16.1 Å². The lowest BCUT2D eigenvalue weighted by molar-refractivity contribution is -0.135. The van der Waals surface area contributed by atoms with Crippen LogP contribution in [-0.4, -0.2) is 36.9 Å². The fourth-order valence-electron chi connectivity index (χ4n) is 3.41. The monoisotopic (exact) mass is 377 g/mol. The van der Waals surface area contributed by atoms with Crippen LogP contribution in [0.3, 0.4) is 0 Å². The number of nitrogens with zero attached hydrogens (tertiary/aromatic N) is 3. The number of anilines is 1. The minimum atomic E-state index is -0.384. The summed E-state index contributed by atoms with van der Waals surface area (Å²) in [5.74, 6) is 0.134. The number of hydrogen-bond acceptors (Lipinski definition) is 4. The number of rotatable bonds is 6. The summed E-state index contributed by atoms with van der Waals surface area (Å²) in [5, 5.41) is 8.88. The van der Waals surface area contributed by atoms with Crippen LogP contribution in [0.4, 0.5) is 5.69 Å². The van der Waals surface area contributed by atoms with Gasteiger partial charge in [0.15, 0.2) is 0 Å². The first kappa shape index (κ1) is 19.4. The van der Waals surface area contributed by atoms with E-state index >= 15 is 0 Å². The first-order valence-corrected chi connectivity index (χ1v) is 9.29. The van der Waals surface area contributed by atoms with Gasteiger partial charge < -0.3 is 14.5 Å². The Morgan fingerprint density at radius 3 is 2.64 bits per heavy atom. The number of para-hydroxylation sites is 2. The van der Waals surface area contributed by atoms with Gasteiger partial charge in [-0.15, -0.1) is 0 Å². The van der Waals surface area contributed by atoms with Crippen LogP contribution < -0.4 is 9.64 Å². The number of hydrogen-bond donors (Lipinski definition) is 0. The van der Waals surface area contributed by atoms with Crippen molar-refractivity contribution in [2.24, 2.45) is 5.92 Å². The number of benzene rings is 2. The van der Waals surface area contributed by atoms with E-state index in [0.717, 1.165) is 5.56 Å². The van der Waals surface area contributed by atoms with Gasteiger partial charge in [-0.1, -0.05) is 24.3 Å². The topological polar surface area (TPSA) is 73.6 Å². The SMILES string of the molecule is CCOc1ccccc1N1CC(C(=O)N(C)Cc2ccc(C#N)cc2)CC1=O. The van der Waals surface area contributed by atoms with Crippen molar-refractivity contribution in [3.63, 3.8) is 0 Å². The Morgan fingerprint density at radius 1 is 1.25 bits per heavy atom. The summed E-state index contributed by atoms with van der Waals surface area (Å²) in [6, 6.07) is 16.6. The Hall–Kier alpha value is -3.33. The fourth-order valence-corrected chi connectivity index (χ4v) is 3.41. The molecule has 0 aromatic heterocycles. The van der Waals surface area contributed by atoms with E-state index in [4.69, 9.17) is 10.00 Å².